The summed E-state index contributed by atoms with van der Waals surface area (Å²) in [6, 6.07) is 4.22. The highest BCUT2D eigenvalue weighted by Gasteiger charge is 2.01. The minimum absolute atomic E-state index is 0.250. The van der Waals surface area contributed by atoms with Crippen LogP contribution in [0.25, 0.3) is 0 Å². The lowest BCUT2D eigenvalue weighted by Crippen LogP contribution is -2.11. The van der Waals surface area contributed by atoms with Gasteiger partial charge in [0.1, 0.15) is 11.6 Å². The Morgan fingerprint density at radius 1 is 1.58 bits per heavy atom. The molecule has 0 aromatic heterocycles. The first-order valence-electron chi connectivity index (χ1n) is 3.55. The standard InChI is InChI=1S/C8H11FN2O/c1-12-8-3-2-6(9)4-7(8)11-5-10/h2-4,11H,5,10H2,1H3. The van der Waals surface area contributed by atoms with Crippen molar-refractivity contribution in [3.8, 4) is 5.75 Å². The minimum atomic E-state index is -0.313. The van der Waals surface area contributed by atoms with E-state index in [9.17, 15) is 4.39 Å². The topological polar surface area (TPSA) is 47.3 Å². The van der Waals surface area contributed by atoms with Crippen LogP contribution in [0, 0.1) is 5.82 Å². The van der Waals surface area contributed by atoms with E-state index in [1.807, 2.05) is 0 Å². The predicted octanol–water partition coefficient (Wildman–Crippen LogP) is 1.16. The van der Waals surface area contributed by atoms with Crippen LogP contribution >= 0.6 is 0 Å². The van der Waals surface area contributed by atoms with Gasteiger partial charge in [0.25, 0.3) is 0 Å². The van der Waals surface area contributed by atoms with Crippen molar-refractivity contribution in [1.82, 2.24) is 0 Å². The molecule has 0 spiro atoms. The number of hydrogen-bond donors (Lipinski definition) is 2. The molecule has 0 aliphatic rings. The van der Waals surface area contributed by atoms with Gasteiger partial charge >= 0.3 is 0 Å². The Kier molecular flexibility index (Phi) is 2.88. The molecule has 1 rings (SSSR count). The Bertz CT molecular complexity index is 265. The van der Waals surface area contributed by atoms with Crippen LogP contribution in [0.15, 0.2) is 18.2 Å². The van der Waals surface area contributed by atoms with Gasteiger partial charge in [-0.15, -0.1) is 0 Å². The van der Waals surface area contributed by atoms with Gasteiger partial charge in [0.05, 0.1) is 19.5 Å². The molecular weight excluding hydrogens is 159 g/mol. The van der Waals surface area contributed by atoms with E-state index in [2.05, 4.69) is 5.32 Å². The third-order valence-corrected chi connectivity index (χ3v) is 1.45. The third-order valence-electron chi connectivity index (χ3n) is 1.45. The first-order chi connectivity index (χ1) is 5.77. The van der Waals surface area contributed by atoms with Crippen molar-refractivity contribution in [2.45, 2.75) is 0 Å². The van der Waals surface area contributed by atoms with Crippen LogP contribution in [0.4, 0.5) is 10.1 Å². The summed E-state index contributed by atoms with van der Waals surface area (Å²) in [6.45, 7) is 0.250. The minimum Gasteiger partial charge on any atom is -0.495 e. The van der Waals surface area contributed by atoms with Crippen LogP contribution in [-0.2, 0) is 0 Å². The van der Waals surface area contributed by atoms with E-state index in [0.29, 0.717) is 11.4 Å². The first kappa shape index (κ1) is 8.80. The molecule has 1 aromatic rings. The lowest BCUT2D eigenvalue weighted by atomic mass is 10.3. The summed E-state index contributed by atoms with van der Waals surface area (Å²) < 4.78 is 17.6. The summed E-state index contributed by atoms with van der Waals surface area (Å²) in [6.07, 6.45) is 0. The van der Waals surface area contributed by atoms with Crippen molar-refractivity contribution in [2.24, 2.45) is 5.73 Å². The van der Waals surface area contributed by atoms with Crippen LogP contribution in [0.2, 0.25) is 0 Å². The Morgan fingerprint density at radius 2 is 2.33 bits per heavy atom. The average Bonchev–Trinajstić information content (AvgIpc) is 2.05. The number of nitrogens with one attached hydrogen (secondary N) is 1. The fourth-order valence-corrected chi connectivity index (χ4v) is 0.928. The van der Waals surface area contributed by atoms with Gasteiger partial charge in [-0.05, 0) is 12.1 Å². The molecule has 66 valence electrons. The number of ether oxygens (including phenoxy) is 1. The molecule has 3 N–H and O–H groups in total. The van der Waals surface area contributed by atoms with Crippen molar-refractivity contribution in [2.75, 3.05) is 19.1 Å². The van der Waals surface area contributed by atoms with E-state index in [-0.39, 0.29) is 12.5 Å². The SMILES string of the molecule is COc1ccc(F)cc1NCN. The van der Waals surface area contributed by atoms with Crippen LogP contribution < -0.4 is 15.8 Å². The maximum Gasteiger partial charge on any atom is 0.142 e. The predicted molar refractivity (Wildman–Crippen MR) is 45.6 cm³/mol. The molecule has 0 atom stereocenters. The Balaban J connectivity index is 2.95. The average molecular weight is 170 g/mol. The molecular formula is C8H11FN2O. The molecule has 0 bridgehead atoms. The lowest BCUT2D eigenvalue weighted by molar-refractivity contribution is 0.415. The number of methoxy groups -OCH3 is 1. The number of benzene rings is 1. The Hall–Kier alpha value is -1.29. The number of hydrogen-bond acceptors (Lipinski definition) is 3. The highest BCUT2D eigenvalue weighted by Crippen LogP contribution is 2.23. The van der Waals surface area contributed by atoms with Crippen molar-refractivity contribution in [3.63, 3.8) is 0 Å². The van der Waals surface area contributed by atoms with Gasteiger partial charge in [-0.25, -0.2) is 4.39 Å². The second-order valence-electron chi connectivity index (χ2n) is 2.23. The van der Waals surface area contributed by atoms with E-state index in [4.69, 9.17) is 10.5 Å². The normalized spacial score (nSPS) is 9.58. The van der Waals surface area contributed by atoms with Crippen LogP contribution in [0.1, 0.15) is 0 Å². The van der Waals surface area contributed by atoms with Crippen LogP contribution in [0.5, 0.6) is 5.75 Å². The van der Waals surface area contributed by atoms with Gasteiger partial charge in [-0.3, -0.25) is 0 Å². The molecule has 0 amide bonds. The van der Waals surface area contributed by atoms with E-state index >= 15 is 0 Å². The van der Waals surface area contributed by atoms with E-state index in [1.165, 1.54) is 19.2 Å². The number of halogens is 1. The zero-order chi connectivity index (χ0) is 8.97. The summed E-state index contributed by atoms with van der Waals surface area (Å²) in [7, 11) is 1.52. The molecule has 0 heterocycles. The molecule has 0 saturated heterocycles. The number of rotatable bonds is 3. The zero-order valence-electron chi connectivity index (χ0n) is 6.80. The van der Waals surface area contributed by atoms with Crippen LogP contribution in [0.3, 0.4) is 0 Å². The Labute approximate surface area is 70.3 Å². The van der Waals surface area contributed by atoms with Gasteiger partial charge in [-0.2, -0.15) is 0 Å². The highest BCUT2D eigenvalue weighted by atomic mass is 19.1. The molecule has 3 nitrogen and oxygen atoms in total. The summed E-state index contributed by atoms with van der Waals surface area (Å²) in [5, 5.41) is 2.78. The summed E-state index contributed by atoms with van der Waals surface area (Å²) >= 11 is 0. The molecule has 12 heavy (non-hydrogen) atoms. The molecule has 0 aliphatic carbocycles. The van der Waals surface area contributed by atoms with E-state index < -0.39 is 0 Å². The van der Waals surface area contributed by atoms with Gasteiger partial charge in [0, 0.05) is 6.07 Å². The van der Waals surface area contributed by atoms with Gasteiger partial charge < -0.3 is 15.8 Å². The van der Waals surface area contributed by atoms with Crippen molar-refractivity contribution < 1.29 is 9.13 Å². The van der Waals surface area contributed by atoms with E-state index in [1.54, 1.807) is 6.07 Å². The lowest BCUT2D eigenvalue weighted by Gasteiger charge is -2.08. The fourth-order valence-electron chi connectivity index (χ4n) is 0.928. The maximum atomic E-state index is 12.7. The van der Waals surface area contributed by atoms with Gasteiger partial charge in [0.15, 0.2) is 0 Å². The summed E-state index contributed by atoms with van der Waals surface area (Å²) in [5.74, 6) is 0.272. The third kappa shape index (κ3) is 1.85. The largest absolute Gasteiger partial charge is 0.495 e. The second-order valence-corrected chi connectivity index (χ2v) is 2.23. The van der Waals surface area contributed by atoms with Crippen molar-refractivity contribution >= 4 is 5.69 Å². The molecule has 4 heteroatoms. The molecule has 0 radical (unpaired) electrons. The molecule has 0 fully saturated rings. The number of anilines is 1. The molecule has 0 unspecified atom stereocenters. The monoisotopic (exact) mass is 170 g/mol. The van der Waals surface area contributed by atoms with Gasteiger partial charge in [-0.1, -0.05) is 0 Å². The summed E-state index contributed by atoms with van der Waals surface area (Å²) in [4.78, 5) is 0. The number of nitrogens with two attached hydrogens (primary N) is 1. The Morgan fingerprint density at radius 3 is 2.92 bits per heavy atom. The second kappa shape index (κ2) is 3.92. The zero-order valence-corrected chi connectivity index (χ0v) is 6.80. The quantitative estimate of drug-likeness (QED) is 0.669. The van der Waals surface area contributed by atoms with Crippen LogP contribution in [-0.4, -0.2) is 13.8 Å². The molecule has 0 aliphatic heterocycles. The van der Waals surface area contributed by atoms with Crippen molar-refractivity contribution in [1.29, 1.82) is 0 Å². The van der Waals surface area contributed by atoms with Gasteiger partial charge in [0.2, 0.25) is 0 Å². The smallest absolute Gasteiger partial charge is 0.142 e. The van der Waals surface area contributed by atoms with Crippen molar-refractivity contribution in [3.05, 3.63) is 24.0 Å². The maximum absolute atomic E-state index is 12.7. The van der Waals surface area contributed by atoms with E-state index in [0.717, 1.165) is 0 Å². The summed E-state index contributed by atoms with van der Waals surface area (Å²) in [5.41, 5.74) is 5.81. The fraction of sp³-hybridized carbons (Fsp3) is 0.250. The molecule has 0 saturated carbocycles. The first-order valence-corrected chi connectivity index (χ1v) is 3.55. The molecule has 1 aromatic carbocycles. The highest BCUT2D eigenvalue weighted by molar-refractivity contribution is 5.56.